The Bertz CT molecular complexity index is 1010. The van der Waals surface area contributed by atoms with E-state index in [9.17, 15) is 13.6 Å². The molecule has 0 aliphatic rings. The predicted octanol–water partition coefficient (Wildman–Crippen LogP) is 3.79. The highest BCUT2D eigenvalue weighted by molar-refractivity contribution is 5.93. The third-order valence-corrected chi connectivity index (χ3v) is 4.12. The van der Waals surface area contributed by atoms with Crippen molar-refractivity contribution in [2.45, 2.75) is 13.3 Å². The molecule has 0 unspecified atom stereocenters. The molecule has 0 spiro atoms. The average molecular weight is 398 g/mol. The van der Waals surface area contributed by atoms with E-state index in [2.05, 4.69) is 20.6 Å². The summed E-state index contributed by atoms with van der Waals surface area (Å²) in [7, 11) is 1.60. The normalized spacial score (nSPS) is 10.5. The van der Waals surface area contributed by atoms with Gasteiger partial charge in [0.15, 0.2) is 0 Å². The molecule has 6 nitrogen and oxygen atoms in total. The van der Waals surface area contributed by atoms with Gasteiger partial charge in [0.2, 0.25) is 0 Å². The molecule has 0 bridgehead atoms. The van der Waals surface area contributed by atoms with E-state index in [1.807, 2.05) is 24.3 Å². The van der Waals surface area contributed by atoms with Crippen molar-refractivity contribution in [3.05, 3.63) is 77.2 Å². The van der Waals surface area contributed by atoms with Crippen molar-refractivity contribution in [2.75, 3.05) is 19.0 Å². The largest absolute Gasteiger partial charge is 0.497 e. The number of methoxy groups -OCH3 is 1. The number of nitrogens with zero attached hydrogens (tertiary/aromatic N) is 2. The lowest BCUT2D eigenvalue weighted by atomic mass is 10.1. The summed E-state index contributed by atoms with van der Waals surface area (Å²) in [4.78, 5) is 20.7. The lowest BCUT2D eigenvalue weighted by Gasteiger charge is -2.10. The summed E-state index contributed by atoms with van der Waals surface area (Å²) < 4.78 is 32.0. The summed E-state index contributed by atoms with van der Waals surface area (Å²) in [5.74, 6) is -0.449. The van der Waals surface area contributed by atoms with Crippen molar-refractivity contribution >= 4 is 17.4 Å². The van der Waals surface area contributed by atoms with E-state index in [1.165, 1.54) is 12.1 Å². The maximum atomic E-state index is 13.8. The molecule has 0 aliphatic carbocycles. The summed E-state index contributed by atoms with van der Waals surface area (Å²) in [5, 5.41) is 5.54. The highest BCUT2D eigenvalue weighted by Gasteiger charge is 2.12. The smallest absolute Gasteiger partial charge is 0.270 e. The Hall–Kier alpha value is -3.55. The first-order chi connectivity index (χ1) is 13.9. The standard InChI is InChI=1S/C21H20F2N4O2/c1-13-25-19(12-20(26-13)27-18-8-5-15(22)11-17(18)23)21(28)24-10-9-14-3-6-16(29-2)7-4-14/h3-8,11-12H,9-10H2,1-2H3,(H,24,28)(H,25,26,27). The van der Waals surface area contributed by atoms with Crippen molar-refractivity contribution in [3.8, 4) is 5.75 Å². The van der Waals surface area contributed by atoms with Crippen molar-refractivity contribution in [2.24, 2.45) is 0 Å². The Morgan fingerprint density at radius 2 is 1.83 bits per heavy atom. The van der Waals surface area contributed by atoms with Crippen LogP contribution in [0, 0.1) is 18.6 Å². The van der Waals surface area contributed by atoms with Gasteiger partial charge in [-0.05, 0) is 43.2 Å². The van der Waals surface area contributed by atoms with Crippen LogP contribution in [-0.2, 0) is 6.42 Å². The van der Waals surface area contributed by atoms with Crippen LogP contribution in [0.15, 0.2) is 48.5 Å². The monoisotopic (exact) mass is 398 g/mol. The van der Waals surface area contributed by atoms with E-state index in [0.29, 0.717) is 18.8 Å². The van der Waals surface area contributed by atoms with Crippen LogP contribution in [0.2, 0.25) is 0 Å². The minimum atomic E-state index is -0.758. The van der Waals surface area contributed by atoms with Gasteiger partial charge < -0.3 is 15.4 Å². The molecule has 1 amide bonds. The fraction of sp³-hybridized carbons (Fsp3) is 0.190. The third-order valence-electron chi connectivity index (χ3n) is 4.12. The van der Waals surface area contributed by atoms with Crippen LogP contribution in [0.25, 0.3) is 0 Å². The molecule has 0 atom stereocenters. The fourth-order valence-corrected chi connectivity index (χ4v) is 2.68. The molecule has 8 heteroatoms. The molecule has 1 aromatic heterocycles. The van der Waals surface area contributed by atoms with Gasteiger partial charge in [-0.1, -0.05) is 12.1 Å². The fourth-order valence-electron chi connectivity index (χ4n) is 2.68. The summed E-state index contributed by atoms with van der Waals surface area (Å²) in [6, 6.07) is 12.2. The minimum absolute atomic E-state index is 0.0513. The second-order valence-electron chi connectivity index (χ2n) is 6.29. The number of carbonyl (C=O) groups is 1. The Kier molecular flexibility index (Phi) is 6.33. The molecule has 3 rings (SSSR count). The number of ether oxygens (including phenoxy) is 1. The zero-order chi connectivity index (χ0) is 20.8. The highest BCUT2D eigenvalue weighted by atomic mass is 19.1. The van der Waals surface area contributed by atoms with Gasteiger partial charge in [-0.15, -0.1) is 0 Å². The van der Waals surface area contributed by atoms with Gasteiger partial charge in [0.25, 0.3) is 5.91 Å². The number of halogens is 2. The maximum Gasteiger partial charge on any atom is 0.270 e. The number of hydrogen-bond donors (Lipinski definition) is 2. The topological polar surface area (TPSA) is 76.1 Å². The average Bonchev–Trinajstić information content (AvgIpc) is 2.70. The number of aryl methyl sites for hydroxylation is 1. The van der Waals surface area contributed by atoms with E-state index >= 15 is 0 Å². The number of hydrogen-bond acceptors (Lipinski definition) is 5. The number of carbonyl (C=O) groups excluding carboxylic acids is 1. The molecule has 2 aromatic carbocycles. The Labute approximate surface area is 167 Å². The van der Waals surface area contributed by atoms with Crippen LogP contribution >= 0.6 is 0 Å². The van der Waals surface area contributed by atoms with E-state index in [-0.39, 0.29) is 23.1 Å². The molecule has 0 fully saturated rings. The number of nitrogens with one attached hydrogen (secondary N) is 2. The second-order valence-corrected chi connectivity index (χ2v) is 6.29. The van der Waals surface area contributed by atoms with Gasteiger partial charge in [-0.2, -0.15) is 0 Å². The summed E-state index contributed by atoms with van der Waals surface area (Å²) >= 11 is 0. The van der Waals surface area contributed by atoms with Crippen molar-refractivity contribution < 1.29 is 18.3 Å². The maximum absolute atomic E-state index is 13.8. The van der Waals surface area contributed by atoms with Crippen LogP contribution in [0.1, 0.15) is 21.9 Å². The van der Waals surface area contributed by atoms with E-state index < -0.39 is 11.6 Å². The third kappa shape index (κ3) is 5.47. The Morgan fingerprint density at radius 1 is 1.07 bits per heavy atom. The number of benzene rings is 2. The molecule has 2 N–H and O–H groups in total. The van der Waals surface area contributed by atoms with Gasteiger partial charge in [0.1, 0.15) is 34.7 Å². The molecule has 29 heavy (non-hydrogen) atoms. The Balaban J connectivity index is 1.64. The molecule has 3 aromatic rings. The Morgan fingerprint density at radius 3 is 2.52 bits per heavy atom. The first-order valence-electron chi connectivity index (χ1n) is 8.93. The van der Waals surface area contributed by atoms with Crippen molar-refractivity contribution in [1.82, 2.24) is 15.3 Å². The number of amides is 1. The predicted molar refractivity (Wildman–Crippen MR) is 105 cm³/mol. The lowest BCUT2D eigenvalue weighted by molar-refractivity contribution is 0.0949. The van der Waals surface area contributed by atoms with Gasteiger partial charge >= 0.3 is 0 Å². The molecule has 0 radical (unpaired) electrons. The van der Waals surface area contributed by atoms with Gasteiger partial charge in [0.05, 0.1) is 12.8 Å². The highest BCUT2D eigenvalue weighted by Crippen LogP contribution is 2.20. The van der Waals surface area contributed by atoms with Crippen LogP contribution in [0.4, 0.5) is 20.3 Å². The van der Waals surface area contributed by atoms with E-state index in [0.717, 1.165) is 23.4 Å². The summed E-state index contributed by atoms with van der Waals surface area (Å²) in [6.45, 7) is 2.05. The van der Waals surface area contributed by atoms with Crippen LogP contribution < -0.4 is 15.4 Å². The first-order valence-corrected chi connectivity index (χ1v) is 8.93. The minimum Gasteiger partial charge on any atom is -0.497 e. The van der Waals surface area contributed by atoms with Gasteiger partial charge in [0, 0.05) is 18.7 Å². The van der Waals surface area contributed by atoms with E-state index in [1.54, 1.807) is 14.0 Å². The zero-order valence-electron chi connectivity index (χ0n) is 16.0. The summed E-state index contributed by atoms with van der Waals surface area (Å²) in [5.41, 5.74) is 1.26. The van der Waals surface area contributed by atoms with Crippen molar-refractivity contribution in [3.63, 3.8) is 0 Å². The summed E-state index contributed by atoms with van der Waals surface area (Å²) in [6.07, 6.45) is 0.645. The molecule has 150 valence electrons. The van der Waals surface area contributed by atoms with Gasteiger partial charge in [-0.3, -0.25) is 4.79 Å². The van der Waals surface area contributed by atoms with Gasteiger partial charge in [-0.25, -0.2) is 18.7 Å². The SMILES string of the molecule is COc1ccc(CCNC(=O)c2cc(Nc3ccc(F)cc3F)nc(C)n2)cc1. The van der Waals surface area contributed by atoms with E-state index in [4.69, 9.17) is 4.74 Å². The van der Waals surface area contributed by atoms with Crippen molar-refractivity contribution in [1.29, 1.82) is 0 Å². The number of aromatic nitrogens is 2. The molecule has 0 aliphatic heterocycles. The number of anilines is 2. The number of rotatable bonds is 7. The lowest BCUT2D eigenvalue weighted by Crippen LogP contribution is -2.27. The second kappa shape index (κ2) is 9.09. The van der Waals surface area contributed by atoms with Crippen LogP contribution in [0.5, 0.6) is 5.75 Å². The van der Waals surface area contributed by atoms with Crippen LogP contribution in [-0.4, -0.2) is 29.5 Å². The molecular formula is C21H20F2N4O2. The molecule has 0 saturated heterocycles. The zero-order valence-corrected chi connectivity index (χ0v) is 16.0. The molecule has 1 heterocycles. The molecule has 0 saturated carbocycles. The van der Waals surface area contributed by atoms with Crippen LogP contribution in [0.3, 0.4) is 0 Å². The molecular weight excluding hydrogens is 378 g/mol. The first kappa shape index (κ1) is 20.2. The quantitative estimate of drug-likeness (QED) is 0.633.